The van der Waals surface area contributed by atoms with Crippen LogP contribution in [0.15, 0.2) is 36.4 Å². The second-order valence-corrected chi connectivity index (χ2v) is 3.88. The summed E-state index contributed by atoms with van der Waals surface area (Å²) >= 11 is 0. The Balaban J connectivity index is 2.64. The summed E-state index contributed by atoms with van der Waals surface area (Å²) in [6.45, 7) is 0. The van der Waals surface area contributed by atoms with E-state index in [1.165, 1.54) is 0 Å². The lowest BCUT2D eigenvalue weighted by Gasteiger charge is -2.07. The second kappa shape index (κ2) is 3.28. The zero-order chi connectivity index (χ0) is 12.0. The van der Waals surface area contributed by atoms with Crippen LogP contribution in [-0.2, 0) is 7.05 Å². The summed E-state index contributed by atoms with van der Waals surface area (Å²) in [5, 5.41) is 19.8. The molecule has 0 atom stereocenters. The summed E-state index contributed by atoms with van der Waals surface area (Å²) in [5.74, 6) is 0. The normalized spacial score (nSPS) is 11.1. The number of fused-ring (bicyclic) bond motifs is 2. The predicted octanol–water partition coefficient (Wildman–Crippen LogP) is 0.839. The van der Waals surface area contributed by atoms with Gasteiger partial charge < -0.3 is 9.77 Å². The standard InChI is InChI=1S/C12H10N4O/c1-15-11(13)7-6-10-12(15)14-8-4-2-3-5-9(8)16(10)17/h2-7,13H,1H3. The molecule has 0 fully saturated rings. The Hall–Kier alpha value is -2.43. The summed E-state index contributed by atoms with van der Waals surface area (Å²) < 4.78 is 2.45. The van der Waals surface area contributed by atoms with Crippen molar-refractivity contribution in [2.45, 2.75) is 0 Å². The van der Waals surface area contributed by atoms with Crippen molar-refractivity contribution >= 4 is 22.2 Å². The van der Waals surface area contributed by atoms with Gasteiger partial charge >= 0.3 is 0 Å². The maximum absolute atomic E-state index is 12.2. The van der Waals surface area contributed by atoms with Crippen molar-refractivity contribution in [3.63, 3.8) is 0 Å². The number of nitrogens with one attached hydrogen (secondary N) is 1. The number of pyridine rings is 1. The molecule has 3 rings (SSSR count). The van der Waals surface area contributed by atoms with Gasteiger partial charge in [0.05, 0.1) is 0 Å². The van der Waals surface area contributed by atoms with E-state index in [1.807, 2.05) is 12.1 Å². The van der Waals surface area contributed by atoms with Gasteiger partial charge in [-0.1, -0.05) is 12.1 Å². The minimum Gasteiger partial charge on any atom is -0.618 e. The number of hydrogen-bond acceptors (Lipinski definition) is 3. The van der Waals surface area contributed by atoms with Crippen molar-refractivity contribution in [3.05, 3.63) is 47.1 Å². The molecule has 3 aromatic rings. The van der Waals surface area contributed by atoms with Crippen LogP contribution in [0.5, 0.6) is 0 Å². The molecule has 5 nitrogen and oxygen atoms in total. The molecule has 0 bridgehead atoms. The van der Waals surface area contributed by atoms with Gasteiger partial charge in [0.1, 0.15) is 11.0 Å². The average molecular weight is 226 g/mol. The quantitative estimate of drug-likeness (QED) is 0.350. The first-order valence-electron chi connectivity index (χ1n) is 5.21. The molecule has 0 spiro atoms. The molecule has 0 unspecified atom stereocenters. The zero-order valence-electron chi connectivity index (χ0n) is 9.21. The highest BCUT2D eigenvalue weighted by Gasteiger charge is 2.12. The molecule has 1 aromatic carbocycles. The smallest absolute Gasteiger partial charge is 0.260 e. The van der Waals surface area contributed by atoms with E-state index in [4.69, 9.17) is 5.41 Å². The number of benzene rings is 1. The summed E-state index contributed by atoms with van der Waals surface area (Å²) in [6.07, 6.45) is 0. The number of aromatic nitrogens is 3. The number of nitrogens with zero attached hydrogens (tertiary/aromatic N) is 3. The van der Waals surface area contributed by atoms with Gasteiger partial charge in [-0.05, 0) is 12.1 Å². The maximum Gasteiger partial charge on any atom is 0.260 e. The van der Waals surface area contributed by atoms with E-state index in [0.29, 0.717) is 27.7 Å². The highest BCUT2D eigenvalue weighted by atomic mass is 16.5. The molecule has 2 heterocycles. The molecule has 0 saturated carbocycles. The first-order chi connectivity index (χ1) is 8.18. The van der Waals surface area contributed by atoms with Gasteiger partial charge in [-0.25, -0.2) is 4.98 Å². The maximum atomic E-state index is 12.2. The molecule has 0 radical (unpaired) electrons. The molecule has 0 aliphatic carbocycles. The van der Waals surface area contributed by atoms with Crippen LogP contribution in [0.3, 0.4) is 0 Å². The highest BCUT2D eigenvalue weighted by molar-refractivity contribution is 5.79. The van der Waals surface area contributed by atoms with Crippen molar-refractivity contribution in [3.8, 4) is 0 Å². The van der Waals surface area contributed by atoms with Crippen LogP contribution in [-0.4, -0.2) is 9.55 Å². The first-order valence-corrected chi connectivity index (χ1v) is 5.21. The van der Waals surface area contributed by atoms with E-state index in [-0.39, 0.29) is 0 Å². The molecule has 2 aromatic heterocycles. The summed E-state index contributed by atoms with van der Waals surface area (Å²) in [4.78, 5) is 4.42. The van der Waals surface area contributed by atoms with Crippen LogP contribution < -0.4 is 10.2 Å². The van der Waals surface area contributed by atoms with Gasteiger partial charge in [0.2, 0.25) is 11.2 Å². The highest BCUT2D eigenvalue weighted by Crippen LogP contribution is 2.11. The van der Waals surface area contributed by atoms with Crippen LogP contribution in [0, 0.1) is 10.6 Å². The van der Waals surface area contributed by atoms with Gasteiger partial charge in [-0.15, -0.1) is 0 Å². The fourth-order valence-corrected chi connectivity index (χ4v) is 1.90. The fourth-order valence-electron chi connectivity index (χ4n) is 1.90. The second-order valence-electron chi connectivity index (χ2n) is 3.88. The third-order valence-electron chi connectivity index (χ3n) is 2.85. The van der Waals surface area contributed by atoms with Crippen molar-refractivity contribution in [2.24, 2.45) is 7.05 Å². The molecule has 0 aliphatic heterocycles. The van der Waals surface area contributed by atoms with Gasteiger partial charge in [-0.2, -0.15) is 4.73 Å². The minimum atomic E-state index is 0.320. The topological polar surface area (TPSA) is 68.6 Å². The molecule has 17 heavy (non-hydrogen) atoms. The van der Waals surface area contributed by atoms with Crippen LogP contribution >= 0.6 is 0 Å². The van der Waals surface area contributed by atoms with Crippen LogP contribution in [0.25, 0.3) is 22.2 Å². The molecule has 0 amide bonds. The Labute approximate surface area is 96.7 Å². The zero-order valence-corrected chi connectivity index (χ0v) is 9.21. The molecule has 0 aliphatic rings. The van der Waals surface area contributed by atoms with E-state index in [9.17, 15) is 5.21 Å². The van der Waals surface area contributed by atoms with Gasteiger partial charge in [0.25, 0.3) is 5.52 Å². The predicted molar refractivity (Wildman–Crippen MR) is 63.0 cm³/mol. The average Bonchev–Trinajstić information content (AvgIpc) is 2.35. The molecular formula is C12H10N4O. The van der Waals surface area contributed by atoms with Crippen LogP contribution in [0.2, 0.25) is 0 Å². The Bertz CT molecular complexity index is 791. The lowest BCUT2D eigenvalue weighted by molar-refractivity contribution is -0.548. The Morgan fingerprint density at radius 3 is 2.76 bits per heavy atom. The van der Waals surface area contributed by atoms with Gasteiger partial charge in [0, 0.05) is 19.2 Å². The molecule has 1 N–H and O–H groups in total. The Morgan fingerprint density at radius 2 is 1.94 bits per heavy atom. The van der Waals surface area contributed by atoms with Crippen molar-refractivity contribution in [1.82, 2.24) is 9.55 Å². The monoisotopic (exact) mass is 226 g/mol. The van der Waals surface area contributed by atoms with E-state index < -0.39 is 0 Å². The van der Waals surface area contributed by atoms with Crippen LogP contribution in [0.4, 0.5) is 0 Å². The molecular weight excluding hydrogens is 216 g/mol. The third kappa shape index (κ3) is 1.29. The first kappa shape index (κ1) is 9.77. The number of para-hydroxylation sites is 2. The Morgan fingerprint density at radius 1 is 1.18 bits per heavy atom. The SMILES string of the molecule is Cn1c(=N)ccc2c1nc1ccccc1[n+]2[O-]. The van der Waals surface area contributed by atoms with E-state index >= 15 is 0 Å². The lowest BCUT2D eigenvalue weighted by atomic mass is 10.3. The van der Waals surface area contributed by atoms with Crippen molar-refractivity contribution in [2.75, 3.05) is 0 Å². The van der Waals surface area contributed by atoms with E-state index in [1.54, 1.807) is 35.9 Å². The largest absolute Gasteiger partial charge is 0.618 e. The van der Waals surface area contributed by atoms with E-state index in [0.717, 1.165) is 4.73 Å². The van der Waals surface area contributed by atoms with Crippen molar-refractivity contribution in [1.29, 1.82) is 5.41 Å². The minimum absolute atomic E-state index is 0.320. The number of hydrogen-bond donors (Lipinski definition) is 1. The lowest BCUT2D eigenvalue weighted by Crippen LogP contribution is -2.31. The molecule has 84 valence electrons. The summed E-state index contributed by atoms with van der Waals surface area (Å²) in [7, 11) is 1.73. The summed E-state index contributed by atoms with van der Waals surface area (Å²) in [6, 6.07) is 10.4. The third-order valence-corrected chi connectivity index (χ3v) is 2.85. The molecule has 5 heteroatoms. The molecule has 0 saturated heterocycles. The fraction of sp³-hybridized carbons (Fsp3) is 0.0833. The van der Waals surface area contributed by atoms with Gasteiger partial charge in [-0.3, -0.25) is 5.41 Å². The van der Waals surface area contributed by atoms with E-state index in [2.05, 4.69) is 4.98 Å². The number of rotatable bonds is 0. The van der Waals surface area contributed by atoms with Crippen LogP contribution in [0.1, 0.15) is 0 Å². The Kier molecular flexibility index (Phi) is 1.89. The van der Waals surface area contributed by atoms with Gasteiger partial charge in [0.15, 0.2) is 0 Å². The summed E-state index contributed by atoms with van der Waals surface area (Å²) in [5.41, 5.74) is 2.49. The van der Waals surface area contributed by atoms with Crippen molar-refractivity contribution < 1.29 is 4.73 Å². The number of aryl methyl sites for hydroxylation is 1.